The van der Waals surface area contributed by atoms with Gasteiger partial charge >= 0.3 is 5.97 Å². The molecule has 0 aliphatic heterocycles. The molecule has 0 spiro atoms. The first-order valence-electron chi connectivity index (χ1n) is 4.96. The van der Waals surface area contributed by atoms with Crippen molar-refractivity contribution in [3.8, 4) is 0 Å². The van der Waals surface area contributed by atoms with E-state index in [1.54, 1.807) is 12.1 Å². The van der Waals surface area contributed by atoms with Gasteiger partial charge in [-0.05, 0) is 34.1 Å². The molecule has 0 unspecified atom stereocenters. The lowest BCUT2D eigenvalue weighted by atomic mass is 10.1. The Kier molecular flexibility index (Phi) is 3.47. The number of carbonyl (C=O) groups excluding carboxylic acids is 1. The first kappa shape index (κ1) is 12.4. The molecule has 2 rings (SSSR count). The Hall–Kier alpha value is -2.08. The molecule has 0 aliphatic carbocycles. The van der Waals surface area contributed by atoms with E-state index in [-0.39, 0.29) is 11.3 Å². The molecule has 1 aromatic heterocycles. The van der Waals surface area contributed by atoms with Gasteiger partial charge in [0.2, 0.25) is 0 Å². The quantitative estimate of drug-likeness (QED) is 0.913. The van der Waals surface area contributed by atoms with Crippen molar-refractivity contribution in [1.82, 2.24) is 0 Å². The average Bonchev–Trinajstić information content (AvgIpc) is 2.76. The van der Waals surface area contributed by atoms with Gasteiger partial charge in [0.1, 0.15) is 0 Å². The molecule has 0 saturated carbocycles. The summed E-state index contributed by atoms with van der Waals surface area (Å²) in [6, 6.07) is 7.67. The topological polar surface area (TPSA) is 79.5 Å². The van der Waals surface area contributed by atoms with Crippen LogP contribution in [0.2, 0.25) is 0 Å². The molecule has 0 saturated heterocycles. The van der Waals surface area contributed by atoms with Crippen molar-refractivity contribution in [2.24, 2.45) is 0 Å². The number of furan rings is 1. The predicted octanol–water partition coefficient (Wildman–Crippen LogP) is 2.99. The van der Waals surface area contributed by atoms with Gasteiger partial charge in [-0.1, -0.05) is 12.1 Å². The van der Waals surface area contributed by atoms with Crippen molar-refractivity contribution in [2.45, 2.75) is 0 Å². The number of para-hydroxylation sites is 1. The maximum atomic E-state index is 11.9. The van der Waals surface area contributed by atoms with Crippen LogP contribution in [0.1, 0.15) is 20.7 Å². The summed E-state index contributed by atoms with van der Waals surface area (Å²) in [6.07, 6.45) is 1.36. The molecule has 1 aromatic carbocycles. The van der Waals surface area contributed by atoms with E-state index in [2.05, 4.69) is 21.2 Å². The minimum absolute atomic E-state index is 0.0328. The summed E-state index contributed by atoms with van der Waals surface area (Å²) in [7, 11) is 0. The van der Waals surface area contributed by atoms with Crippen molar-refractivity contribution < 1.29 is 19.1 Å². The summed E-state index contributed by atoms with van der Waals surface area (Å²) < 4.78 is 5.24. The molecule has 5 nitrogen and oxygen atoms in total. The summed E-state index contributed by atoms with van der Waals surface area (Å²) >= 11 is 3.08. The number of carbonyl (C=O) groups is 2. The van der Waals surface area contributed by atoms with Gasteiger partial charge in [0.25, 0.3) is 5.91 Å². The lowest BCUT2D eigenvalue weighted by Gasteiger charge is -2.07. The molecular formula is C12H8BrNO4. The SMILES string of the molecule is O=C(O)c1ccccc1NC(=O)c1ccoc1Br. The van der Waals surface area contributed by atoms with Gasteiger partial charge in [-0.3, -0.25) is 4.79 Å². The molecule has 2 aromatic rings. The van der Waals surface area contributed by atoms with Gasteiger partial charge in [-0.2, -0.15) is 0 Å². The number of hydrogen-bond donors (Lipinski definition) is 2. The van der Waals surface area contributed by atoms with E-state index in [1.165, 1.54) is 24.5 Å². The number of carboxylic acids is 1. The first-order valence-corrected chi connectivity index (χ1v) is 5.75. The second-order valence-electron chi connectivity index (χ2n) is 3.41. The van der Waals surface area contributed by atoms with E-state index in [0.717, 1.165) is 0 Å². The zero-order valence-electron chi connectivity index (χ0n) is 9.01. The van der Waals surface area contributed by atoms with Crippen LogP contribution in [0.25, 0.3) is 0 Å². The van der Waals surface area contributed by atoms with Crippen LogP contribution in [0.5, 0.6) is 0 Å². The van der Waals surface area contributed by atoms with Gasteiger partial charge in [-0.25, -0.2) is 4.79 Å². The summed E-state index contributed by atoms with van der Waals surface area (Å²) in [4.78, 5) is 22.9. The van der Waals surface area contributed by atoms with E-state index in [9.17, 15) is 9.59 Å². The fourth-order valence-electron chi connectivity index (χ4n) is 1.42. The van der Waals surface area contributed by atoms with Crippen LogP contribution < -0.4 is 5.32 Å². The Labute approximate surface area is 111 Å². The van der Waals surface area contributed by atoms with Crippen molar-refractivity contribution in [3.63, 3.8) is 0 Å². The number of halogens is 1. The van der Waals surface area contributed by atoms with E-state index in [0.29, 0.717) is 10.2 Å². The highest BCUT2D eigenvalue weighted by molar-refractivity contribution is 9.10. The lowest BCUT2D eigenvalue weighted by molar-refractivity contribution is 0.0698. The number of benzene rings is 1. The number of anilines is 1. The number of amides is 1. The van der Waals surface area contributed by atoms with Crippen LogP contribution in [-0.4, -0.2) is 17.0 Å². The van der Waals surface area contributed by atoms with E-state index < -0.39 is 11.9 Å². The molecule has 6 heteroatoms. The average molecular weight is 310 g/mol. The fourth-order valence-corrected chi connectivity index (χ4v) is 1.84. The second kappa shape index (κ2) is 5.05. The Morgan fingerprint density at radius 3 is 2.50 bits per heavy atom. The molecule has 18 heavy (non-hydrogen) atoms. The Bertz CT molecular complexity index is 606. The van der Waals surface area contributed by atoms with E-state index >= 15 is 0 Å². The number of carboxylic acid groups (broad SMARTS) is 1. The highest BCUT2D eigenvalue weighted by atomic mass is 79.9. The highest BCUT2D eigenvalue weighted by Crippen LogP contribution is 2.21. The summed E-state index contributed by atoms with van der Waals surface area (Å²) in [5, 5.41) is 11.5. The minimum Gasteiger partial charge on any atom is -0.478 e. The zero-order valence-corrected chi connectivity index (χ0v) is 10.6. The molecule has 92 valence electrons. The Morgan fingerprint density at radius 1 is 1.17 bits per heavy atom. The molecule has 1 amide bonds. The van der Waals surface area contributed by atoms with Gasteiger partial charge in [-0.15, -0.1) is 0 Å². The first-order chi connectivity index (χ1) is 8.59. The van der Waals surface area contributed by atoms with Crippen LogP contribution in [0.3, 0.4) is 0 Å². The molecule has 0 aliphatic rings. The van der Waals surface area contributed by atoms with E-state index in [1.807, 2.05) is 0 Å². The Balaban J connectivity index is 2.28. The number of aromatic carboxylic acids is 1. The van der Waals surface area contributed by atoms with Gasteiger partial charge in [0.05, 0.1) is 23.1 Å². The summed E-state index contributed by atoms with van der Waals surface area (Å²) in [6.45, 7) is 0. The maximum Gasteiger partial charge on any atom is 0.337 e. The number of rotatable bonds is 3. The lowest BCUT2D eigenvalue weighted by Crippen LogP contribution is -2.14. The Morgan fingerprint density at radius 2 is 1.89 bits per heavy atom. The van der Waals surface area contributed by atoms with Crippen molar-refractivity contribution in [3.05, 3.63) is 52.4 Å². The standard InChI is InChI=1S/C12H8BrNO4/c13-10-8(5-6-18-10)11(15)14-9-4-2-1-3-7(9)12(16)17/h1-6H,(H,14,15)(H,16,17). The van der Waals surface area contributed by atoms with Crippen molar-refractivity contribution >= 4 is 33.5 Å². The third-order valence-electron chi connectivity index (χ3n) is 2.27. The smallest absolute Gasteiger partial charge is 0.337 e. The largest absolute Gasteiger partial charge is 0.478 e. The highest BCUT2D eigenvalue weighted by Gasteiger charge is 2.16. The van der Waals surface area contributed by atoms with Crippen LogP contribution in [0.4, 0.5) is 5.69 Å². The van der Waals surface area contributed by atoms with Crippen LogP contribution >= 0.6 is 15.9 Å². The summed E-state index contributed by atoms with van der Waals surface area (Å²) in [5.74, 6) is -1.54. The molecule has 2 N–H and O–H groups in total. The zero-order chi connectivity index (χ0) is 13.1. The van der Waals surface area contributed by atoms with Gasteiger partial charge in [0, 0.05) is 0 Å². The molecule has 0 atom stereocenters. The third kappa shape index (κ3) is 2.43. The van der Waals surface area contributed by atoms with Crippen molar-refractivity contribution in [1.29, 1.82) is 0 Å². The number of hydrogen-bond acceptors (Lipinski definition) is 3. The van der Waals surface area contributed by atoms with Crippen LogP contribution in [0, 0.1) is 0 Å². The monoisotopic (exact) mass is 309 g/mol. The van der Waals surface area contributed by atoms with Crippen LogP contribution in [0.15, 0.2) is 45.7 Å². The van der Waals surface area contributed by atoms with Crippen LogP contribution in [-0.2, 0) is 0 Å². The van der Waals surface area contributed by atoms with Crippen molar-refractivity contribution in [2.75, 3.05) is 5.32 Å². The molecular weight excluding hydrogens is 302 g/mol. The normalized spacial score (nSPS) is 10.1. The molecule has 0 radical (unpaired) electrons. The fraction of sp³-hybridized carbons (Fsp3) is 0. The second-order valence-corrected chi connectivity index (χ2v) is 4.13. The molecule has 0 bridgehead atoms. The minimum atomic E-state index is -1.10. The maximum absolute atomic E-state index is 11.9. The number of nitrogens with one attached hydrogen (secondary N) is 1. The predicted molar refractivity (Wildman–Crippen MR) is 67.8 cm³/mol. The van der Waals surface area contributed by atoms with E-state index in [4.69, 9.17) is 9.52 Å². The summed E-state index contributed by atoms with van der Waals surface area (Å²) in [5.41, 5.74) is 0.573. The van der Waals surface area contributed by atoms with Gasteiger partial charge < -0.3 is 14.8 Å². The molecule has 0 fully saturated rings. The van der Waals surface area contributed by atoms with Gasteiger partial charge in [0.15, 0.2) is 4.67 Å². The third-order valence-corrected chi connectivity index (χ3v) is 2.88. The molecule has 1 heterocycles.